The van der Waals surface area contributed by atoms with Gasteiger partial charge in [-0.2, -0.15) is 0 Å². The minimum Gasteiger partial charge on any atom is -0.332 e. The van der Waals surface area contributed by atoms with Crippen LogP contribution in [0.4, 0.5) is 0 Å². The van der Waals surface area contributed by atoms with E-state index in [0.717, 1.165) is 0 Å². The highest BCUT2D eigenvalue weighted by Gasteiger charge is 2.25. The topological polar surface area (TPSA) is 21.1 Å². The van der Waals surface area contributed by atoms with Crippen molar-refractivity contribution < 1.29 is 0 Å². The summed E-state index contributed by atoms with van der Waals surface area (Å²) in [5, 5.41) is 0. The van der Waals surface area contributed by atoms with Gasteiger partial charge >= 0.3 is 0 Å². The van der Waals surface area contributed by atoms with Gasteiger partial charge in [0.25, 0.3) is 0 Å². The first kappa shape index (κ1) is 11.3. The van der Waals surface area contributed by atoms with Crippen LogP contribution >= 0.6 is 0 Å². The Morgan fingerprint density at radius 2 is 2.06 bits per heavy atom. The zero-order valence-corrected chi connectivity index (χ0v) is 10.9. The van der Waals surface area contributed by atoms with E-state index in [9.17, 15) is 0 Å². The summed E-state index contributed by atoms with van der Waals surface area (Å²) in [6.07, 6.45) is 8.64. The SMILES string of the molecule is CCN1CCC(c2ncc3n2CCCC3)CC1. The second kappa shape index (κ2) is 4.81. The predicted octanol–water partition coefficient (Wildman–Crippen LogP) is 2.42. The van der Waals surface area contributed by atoms with E-state index in [0.29, 0.717) is 5.92 Å². The number of nitrogens with zero attached hydrogens (tertiary/aromatic N) is 3. The Bertz CT molecular complexity index is 375. The van der Waals surface area contributed by atoms with Crippen molar-refractivity contribution in [1.29, 1.82) is 0 Å². The summed E-state index contributed by atoms with van der Waals surface area (Å²) >= 11 is 0. The van der Waals surface area contributed by atoms with Crippen molar-refractivity contribution in [3.05, 3.63) is 17.7 Å². The van der Waals surface area contributed by atoms with Crippen molar-refractivity contribution in [2.75, 3.05) is 19.6 Å². The molecule has 2 aliphatic heterocycles. The molecule has 94 valence electrons. The van der Waals surface area contributed by atoms with E-state index in [2.05, 4.69) is 22.6 Å². The maximum absolute atomic E-state index is 4.72. The molecule has 17 heavy (non-hydrogen) atoms. The number of imidazole rings is 1. The molecule has 3 heterocycles. The Balaban J connectivity index is 1.74. The van der Waals surface area contributed by atoms with Gasteiger partial charge in [-0.25, -0.2) is 4.98 Å². The van der Waals surface area contributed by atoms with Gasteiger partial charge < -0.3 is 9.47 Å². The Labute approximate surface area is 104 Å². The van der Waals surface area contributed by atoms with E-state index in [1.165, 1.54) is 69.8 Å². The molecule has 3 rings (SSSR count). The summed E-state index contributed by atoms with van der Waals surface area (Å²) in [7, 11) is 0. The molecule has 0 N–H and O–H groups in total. The molecule has 0 saturated carbocycles. The van der Waals surface area contributed by atoms with E-state index >= 15 is 0 Å². The molecular formula is C14H23N3. The molecule has 0 atom stereocenters. The average Bonchev–Trinajstić information content (AvgIpc) is 2.83. The number of aromatic nitrogens is 2. The summed E-state index contributed by atoms with van der Waals surface area (Å²) in [5.74, 6) is 2.10. The van der Waals surface area contributed by atoms with Crippen molar-refractivity contribution in [2.24, 2.45) is 0 Å². The van der Waals surface area contributed by atoms with Crippen LogP contribution in [0.15, 0.2) is 6.20 Å². The molecule has 3 heteroatoms. The third kappa shape index (κ3) is 2.13. The van der Waals surface area contributed by atoms with E-state index in [1.54, 1.807) is 0 Å². The van der Waals surface area contributed by atoms with Gasteiger partial charge in [-0.1, -0.05) is 6.92 Å². The van der Waals surface area contributed by atoms with Gasteiger partial charge in [-0.15, -0.1) is 0 Å². The molecule has 1 fully saturated rings. The number of likely N-dealkylation sites (tertiary alicyclic amines) is 1. The highest BCUT2D eigenvalue weighted by atomic mass is 15.1. The molecule has 0 aliphatic carbocycles. The van der Waals surface area contributed by atoms with Crippen LogP contribution in [0.5, 0.6) is 0 Å². The van der Waals surface area contributed by atoms with Gasteiger partial charge in [0, 0.05) is 24.4 Å². The zero-order valence-electron chi connectivity index (χ0n) is 10.9. The third-order valence-electron chi connectivity index (χ3n) is 4.43. The largest absolute Gasteiger partial charge is 0.332 e. The van der Waals surface area contributed by atoms with E-state index < -0.39 is 0 Å². The maximum atomic E-state index is 4.72. The quantitative estimate of drug-likeness (QED) is 0.782. The van der Waals surface area contributed by atoms with E-state index in [-0.39, 0.29) is 0 Å². The fraction of sp³-hybridized carbons (Fsp3) is 0.786. The van der Waals surface area contributed by atoms with Crippen LogP contribution in [-0.2, 0) is 13.0 Å². The van der Waals surface area contributed by atoms with Crippen molar-refractivity contribution in [3.8, 4) is 0 Å². The van der Waals surface area contributed by atoms with Gasteiger partial charge in [-0.05, 0) is 51.7 Å². The van der Waals surface area contributed by atoms with Crippen LogP contribution in [-0.4, -0.2) is 34.1 Å². The smallest absolute Gasteiger partial charge is 0.112 e. The number of aryl methyl sites for hydroxylation is 1. The zero-order chi connectivity index (χ0) is 11.7. The molecule has 1 saturated heterocycles. The van der Waals surface area contributed by atoms with Crippen molar-refractivity contribution in [3.63, 3.8) is 0 Å². The number of rotatable bonds is 2. The van der Waals surface area contributed by atoms with Crippen molar-refractivity contribution >= 4 is 0 Å². The van der Waals surface area contributed by atoms with Crippen LogP contribution < -0.4 is 0 Å². The Hall–Kier alpha value is -0.830. The summed E-state index contributed by atoms with van der Waals surface area (Å²) in [6.45, 7) is 7.18. The molecule has 0 spiro atoms. The first-order valence-electron chi connectivity index (χ1n) is 7.15. The van der Waals surface area contributed by atoms with Crippen molar-refractivity contribution in [1.82, 2.24) is 14.5 Å². The second-order valence-corrected chi connectivity index (χ2v) is 5.43. The monoisotopic (exact) mass is 233 g/mol. The number of piperidine rings is 1. The molecule has 1 aromatic heterocycles. The van der Waals surface area contributed by atoms with Gasteiger partial charge in [0.2, 0.25) is 0 Å². The Morgan fingerprint density at radius 1 is 1.24 bits per heavy atom. The summed E-state index contributed by atoms with van der Waals surface area (Å²) < 4.78 is 2.51. The second-order valence-electron chi connectivity index (χ2n) is 5.43. The molecular weight excluding hydrogens is 210 g/mol. The summed E-state index contributed by atoms with van der Waals surface area (Å²) in [4.78, 5) is 7.27. The standard InChI is InChI=1S/C14H23N3/c1-2-16-9-6-12(7-10-16)14-15-11-13-5-3-4-8-17(13)14/h11-12H,2-10H2,1H3. The first-order chi connectivity index (χ1) is 8.38. The van der Waals surface area contributed by atoms with Crippen LogP contribution in [0, 0.1) is 0 Å². The lowest BCUT2D eigenvalue weighted by atomic mass is 9.95. The average molecular weight is 233 g/mol. The maximum Gasteiger partial charge on any atom is 0.112 e. The fourth-order valence-corrected chi connectivity index (χ4v) is 3.29. The first-order valence-corrected chi connectivity index (χ1v) is 7.15. The highest BCUT2D eigenvalue weighted by molar-refractivity contribution is 5.12. The van der Waals surface area contributed by atoms with E-state index in [1.807, 2.05) is 0 Å². The molecule has 0 amide bonds. The third-order valence-corrected chi connectivity index (χ3v) is 4.43. The van der Waals surface area contributed by atoms with Gasteiger partial charge in [0.05, 0.1) is 0 Å². The van der Waals surface area contributed by atoms with Gasteiger partial charge in [-0.3, -0.25) is 0 Å². The lowest BCUT2D eigenvalue weighted by Gasteiger charge is -2.31. The number of fused-ring (bicyclic) bond motifs is 1. The van der Waals surface area contributed by atoms with Crippen molar-refractivity contribution in [2.45, 2.75) is 51.5 Å². The summed E-state index contributed by atoms with van der Waals surface area (Å²) in [6, 6.07) is 0. The Morgan fingerprint density at radius 3 is 2.82 bits per heavy atom. The lowest BCUT2D eigenvalue weighted by Crippen LogP contribution is -2.33. The van der Waals surface area contributed by atoms with Crippen LogP contribution in [0.3, 0.4) is 0 Å². The molecule has 2 aliphatic rings. The lowest BCUT2D eigenvalue weighted by molar-refractivity contribution is 0.216. The van der Waals surface area contributed by atoms with Crippen LogP contribution in [0.2, 0.25) is 0 Å². The number of hydrogen-bond acceptors (Lipinski definition) is 2. The van der Waals surface area contributed by atoms with Crippen LogP contribution in [0.1, 0.15) is 50.0 Å². The van der Waals surface area contributed by atoms with Gasteiger partial charge in [0.15, 0.2) is 0 Å². The Kier molecular flexibility index (Phi) is 3.19. The fourth-order valence-electron chi connectivity index (χ4n) is 3.29. The normalized spacial score (nSPS) is 22.6. The number of hydrogen-bond donors (Lipinski definition) is 0. The summed E-state index contributed by atoms with van der Waals surface area (Å²) in [5.41, 5.74) is 1.48. The minimum atomic E-state index is 0.713. The molecule has 0 radical (unpaired) electrons. The minimum absolute atomic E-state index is 0.713. The van der Waals surface area contributed by atoms with E-state index in [4.69, 9.17) is 4.98 Å². The molecule has 1 aromatic rings. The molecule has 0 bridgehead atoms. The van der Waals surface area contributed by atoms with Gasteiger partial charge in [0.1, 0.15) is 5.82 Å². The van der Waals surface area contributed by atoms with Crippen LogP contribution in [0.25, 0.3) is 0 Å². The predicted molar refractivity (Wildman–Crippen MR) is 69.3 cm³/mol. The molecule has 3 nitrogen and oxygen atoms in total. The molecule has 0 unspecified atom stereocenters. The highest BCUT2D eigenvalue weighted by Crippen LogP contribution is 2.29. The molecule has 0 aromatic carbocycles.